The molecule has 30 heavy (non-hydrogen) atoms. The van der Waals surface area contributed by atoms with Gasteiger partial charge in [0.25, 0.3) is 0 Å². The quantitative estimate of drug-likeness (QED) is 0.712. The first-order chi connectivity index (χ1) is 14.3. The van der Waals surface area contributed by atoms with Crippen LogP contribution in [0.3, 0.4) is 0 Å². The third-order valence-electron chi connectivity index (χ3n) is 4.84. The van der Waals surface area contributed by atoms with Crippen LogP contribution in [0.25, 0.3) is 6.08 Å². The Morgan fingerprint density at radius 3 is 2.53 bits per heavy atom. The number of nitrogens with zero attached hydrogens (tertiary/aromatic N) is 1. The first-order valence-electron chi connectivity index (χ1n) is 9.63. The number of morpholine rings is 1. The van der Waals surface area contributed by atoms with Crippen molar-refractivity contribution < 1.29 is 22.7 Å². The molecule has 0 radical (unpaired) electrons. The normalized spacial score (nSPS) is 15.3. The molecule has 1 saturated heterocycles. The van der Waals surface area contributed by atoms with E-state index in [0.29, 0.717) is 31.9 Å². The number of hydrogen-bond donors (Lipinski definition) is 1. The minimum atomic E-state index is -3.73. The summed E-state index contributed by atoms with van der Waals surface area (Å²) < 4.78 is 38.0. The Bertz CT molecular complexity index is 1060. The topological polar surface area (TPSA) is 84.9 Å². The van der Waals surface area contributed by atoms with Gasteiger partial charge >= 0.3 is 0 Å². The number of amides is 1. The standard InChI is InChI=1S/C22H26N2O5S/c1-16-4-7-19(17(2)14-16)23-22(25)9-6-18-5-8-20(28-3)21(15-18)30(26,27)24-10-12-29-13-11-24/h4-9,14-15H,10-13H2,1-3H3,(H,23,25)/b9-6+. The molecule has 1 fully saturated rings. The van der Waals surface area contributed by atoms with Crippen LogP contribution in [0.1, 0.15) is 16.7 Å². The van der Waals surface area contributed by atoms with Crippen molar-refractivity contribution in [3.63, 3.8) is 0 Å². The number of hydrogen-bond acceptors (Lipinski definition) is 5. The van der Waals surface area contributed by atoms with E-state index in [1.807, 2.05) is 32.0 Å². The maximum atomic E-state index is 13.1. The van der Waals surface area contributed by atoms with Gasteiger partial charge in [-0.2, -0.15) is 4.31 Å². The van der Waals surface area contributed by atoms with Gasteiger partial charge in [0, 0.05) is 24.9 Å². The summed E-state index contributed by atoms with van der Waals surface area (Å²) in [7, 11) is -2.30. The summed E-state index contributed by atoms with van der Waals surface area (Å²) in [4.78, 5) is 12.4. The van der Waals surface area contributed by atoms with Crippen molar-refractivity contribution in [3.05, 3.63) is 59.2 Å². The van der Waals surface area contributed by atoms with Crippen molar-refractivity contribution >= 4 is 27.7 Å². The average molecular weight is 431 g/mol. The molecular weight excluding hydrogens is 404 g/mol. The van der Waals surface area contributed by atoms with Crippen LogP contribution >= 0.6 is 0 Å². The molecule has 0 aliphatic carbocycles. The molecule has 1 amide bonds. The second-order valence-electron chi connectivity index (χ2n) is 7.07. The number of carbonyl (C=O) groups is 1. The van der Waals surface area contributed by atoms with E-state index in [-0.39, 0.29) is 16.6 Å². The molecule has 7 nitrogen and oxygen atoms in total. The molecule has 2 aromatic rings. The maximum Gasteiger partial charge on any atom is 0.248 e. The number of anilines is 1. The van der Waals surface area contributed by atoms with Crippen LogP contribution in [0.15, 0.2) is 47.4 Å². The number of methoxy groups -OCH3 is 1. The van der Waals surface area contributed by atoms with Crippen LogP contribution in [-0.2, 0) is 19.6 Å². The first kappa shape index (κ1) is 22.0. The van der Waals surface area contributed by atoms with Crippen LogP contribution in [-0.4, -0.2) is 52.0 Å². The predicted molar refractivity (Wildman–Crippen MR) is 116 cm³/mol. The van der Waals surface area contributed by atoms with Gasteiger partial charge in [0.15, 0.2) is 0 Å². The predicted octanol–water partition coefficient (Wildman–Crippen LogP) is 2.98. The number of aryl methyl sites for hydroxylation is 2. The number of carbonyl (C=O) groups excluding carboxylic acids is 1. The van der Waals surface area contributed by atoms with Gasteiger partial charge in [-0.25, -0.2) is 8.42 Å². The van der Waals surface area contributed by atoms with Gasteiger partial charge in [-0.3, -0.25) is 4.79 Å². The summed E-state index contributed by atoms with van der Waals surface area (Å²) in [6.07, 6.45) is 2.96. The lowest BCUT2D eigenvalue weighted by Gasteiger charge is -2.26. The van der Waals surface area contributed by atoms with E-state index >= 15 is 0 Å². The lowest BCUT2D eigenvalue weighted by atomic mass is 10.1. The summed E-state index contributed by atoms with van der Waals surface area (Å²) in [5, 5.41) is 2.84. The summed E-state index contributed by atoms with van der Waals surface area (Å²) >= 11 is 0. The fourth-order valence-electron chi connectivity index (χ4n) is 3.22. The largest absolute Gasteiger partial charge is 0.495 e. The molecule has 1 aliphatic heterocycles. The molecule has 0 aromatic heterocycles. The number of nitrogens with one attached hydrogen (secondary N) is 1. The monoisotopic (exact) mass is 430 g/mol. The van der Waals surface area contributed by atoms with Crippen molar-refractivity contribution in [2.75, 3.05) is 38.7 Å². The number of rotatable bonds is 6. The molecular formula is C22H26N2O5S. The Balaban J connectivity index is 1.81. The lowest BCUT2D eigenvalue weighted by Crippen LogP contribution is -2.40. The Hall–Kier alpha value is -2.68. The molecule has 160 valence electrons. The SMILES string of the molecule is COc1ccc(/C=C/C(=O)Nc2ccc(C)cc2C)cc1S(=O)(=O)N1CCOCC1. The Kier molecular flexibility index (Phi) is 6.91. The molecule has 1 aliphatic rings. The molecule has 0 unspecified atom stereocenters. The minimum Gasteiger partial charge on any atom is -0.495 e. The fourth-order valence-corrected chi connectivity index (χ4v) is 4.82. The van der Waals surface area contributed by atoms with Gasteiger partial charge in [0.05, 0.1) is 20.3 Å². The van der Waals surface area contributed by atoms with Crippen molar-refractivity contribution in [3.8, 4) is 5.75 Å². The Morgan fingerprint density at radius 1 is 1.13 bits per heavy atom. The smallest absolute Gasteiger partial charge is 0.248 e. The third-order valence-corrected chi connectivity index (χ3v) is 6.76. The highest BCUT2D eigenvalue weighted by atomic mass is 32.2. The zero-order valence-corrected chi connectivity index (χ0v) is 18.2. The molecule has 0 saturated carbocycles. The van der Waals surface area contributed by atoms with E-state index < -0.39 is 10.0 Å². The summed E-state index contributed by atoms with van der Waals surface area (Å²) in [5.41, 5.74) is 3.41. The van der Waals surface area contributed by atoms with E-state index in [1.54, 1.807) is 18.2 Å². The molecule has 0 bridgehead atoms. The summed E-state index contributed by atoms with van der Waals surface area (Å²) in [6, 6.07) is 10.6. The van der Waals surface area contributed by atoms with Crippen molar-refractivity contribution in [1.29, 1.82) is 0 Å². The van der Waals surface area contributed by atoms with Crippen molar-refractivity contribution in [2.45, 2.75) is 18.7 Å². The van der Waals surface area contributed by atoms with Crippen LogP contribution in [0, 0.1) is 13.8 Å². The molecule has 8 heteroatoms. The van der Waals surface area contributed by atoms with E-state index in [4.69, 9.17) is 9.47 Å². The molecule has 1 N–H and O–H groups in total. The van der Waals surface area contributed by atoms with Gasteiger partial charge in [-0.15, -0.1) is 0 Å². The number of sulfonamides is 1. The molecule has 0 spiro atoms. The van der Waals surface area contributed by atoms with E-state index in [9.17, 15) is 13.2 Å². The zero-order valence-electron chi connectivity index (χ0n) is 17.3. The van der Waals surface area contributed by atoms with Gasteiger partial charge in [0.2, 0.25) is 15.9 Å². The molecule has 2 aromatic carbocycles. The zero-order chi connectivity index (χ0) is 21.7. The Labute approximate surface area is 177 Å². The van der Waals surface area contributed by atoms with Crippen LogP contribution in [0.4, 0.5) is 5.69 Å². The highest BCUT2D eigenvalue weighted by Crippen LogP contribution is 2.29. The highest BCUT2D eigenvalue weighted by molar-refractivity contribution is 7.89. The summed E-state index contributed by atoms with van der Waals surface area (Å²) in [6.45, 7) is 5.23. The van der Waals surface area contributed by atoms with Crippen LogP contribution < -0.4 is 10.1 Å². The van der Waals surface area contributed by atoms with Crippen LogP contribution in [0.5, 0.6) is 5.75 Å². The van der Waals surface area contributed by atoms with Gasteiger partial charge in [-0.05, 0) is 49.2 Å². The van der Waals surface area contributed by atoms with E-state index in [2.05, 4.69) is 5.32 Å². The number of benzene rings is 2. The maximum absolute atomic E-state index is 13.1. The third kappa shape index (κ3) is 5.08. The first-order valence-corrected chi connectivity index (χ1v) is 11.1. The second-order valence-corrected chi connectivity index (χ2v) is 8.97. The molecule has 0 atom stereocenters. The van der Waals surface area contributed by atoms with Crippen LogP contribution in [0.2, 0.25) is 0 Å². The molecule has 3 rings (SSSR count). The Morgan fingerprint density at radius 2 is 1.87 bits per heavy atom. The van der Waals surface area contributed by atoms with E-state index in [1.165, 1.54) is 23.6 Å². The van der Waals surface area contributed by atoms with E-state index in [0.717, 1.165) is 16.8 Å². The summed E-state index contributed by atoms with van der Waals surface area (Å²) in [5.74, 6) is -0.0336. The molecule has 1 heterocycles. The average Bonchev–Trinajstić information content (AvgIpc) is 2.74. The second kappa shape index (κ2) is 9.42. The van der Waals surface area contributed by atoms with Gasteiger partial charge in [0.1, 0.15) is 10.6 Å². The minimum absolute atomic E-state index is 0.0730. The lowest BCUT2D eigenvalue weighted by molar-refractivity contribution is -0.111. The van der Waals surface area contributed by atoms with Gasteiger partial charge < -0.3 is 14.8 Å². The van der Waals surface area contributed by atoms with Crippen molar-refractivity contribution in [2.24, 2.45) is 0 Å². The highest BCUT2D eigenvalue weighted by Gasteiger charge is 2.29. The van der Waals surface area contributed by atoms with Crippen molar-refractivity contribution in [1.82, 2.24) is 4.31 Å². The number of ether oxygens (including phenoxy) is 2. The van der Waals surface area contributed by atoms with Gasteiger partial charge in [-0.1, -0.05) is 23.8 Å². The fraction of sp³-hybridized carbons (Fsp3) is 0.318.